The molecule has 2 rings (SSSR count). The van der Waals surface area contributed by atoms with Gasteiger partial charge in [0, 0.05) is 11.6 Å². The number of hydrogen-bond acceptors (Lipinski definition) is 4. The van der Waals surface area contributed by atoms with Crippen LogP contribution in [0.15, 0.2) is 53.4 Å². The molecule has 2 aromatic carbocycles. The van der Waals surface area contributed by atoms with Crippen LogP contribution in [0.2, 0.25) is 0 Å². The fourth-order valence-electron chi connectivity index (χ4n) is 2.47. The molecule has 1 N–H and O–H groups in total. The van der Waals surface area contributed by atoms with Crippen molar-refractivity contribution < 1.29 is 31.1 Å². The van der Waals surface area contributed by atoms with E-state index in [1.165, 1.54) is 0 Å². The highest BCUT2D eigenvalue weighted by atomic mass is 32.2. The standard InChI is InChI=1S/C19H20F3NO4S/c1-13(3-4-14-5-9-16(27-2)10-6-14)23-18(24)15-7-11-17(12-8-15)28(25,26)19(20,21)22/h5-13H,3-4H2,1-2H3,(H,23,24). The third-order valence-electron chi connectivity index (χ3n) is 4.13. The van der Waals surface area contributed by atoms with E-state index in [9.17, 15) is 26.4 Å². The minimum Gasteiger partial charge on any atom is -0.497 e. The van der Waals surface area contributed by atoms with Crippen molar-refractivity contribution in [1.29, 1.82) is 0 Å². The summed E-state index contributed by atoms with van der Waals surface area (Å²) in [6, 6.07) is 11.0. The molecule has 1 unspecified atom stereocenters. The van der Waals surface area contributed by atoms with E-state index in [0.717, 1.165) is 35.6 Å². The van der Waals surface area contributed by atoms with Crippen molar-refractivity contribution in [3.63, 3.8) is 0 Å². The smallest absolute Gasteiger partial charge is 0.497 e. The van der Waals surface area contributed by atoms with E-state index < -0.39 is 26.1 Å². The molecule has 0 aliphatic carbocycles. The van der Waals surface area contributed by atoms with Gasteiger partial charge >= 0.3 is 5.51 Å². The number of hydrogen-bond donors (Lipinski definition) is 1. The van der Waals surface area contributed by atoms with Gasteiger partial charge in [-0.2, -0.15) is 13.2 Å². The Morgan fingerprint density at radius 3 is 2.14 bits per heavy atom. The summed E-state index contributed by atoms with van der Waals surface area (Å²) in [5.41, 5.74) is -4.23. The van der Waals surface area contributed by atoms with Crippen molar-refractivity contribution in [2.24, 2.45) is 0 Å². The third kappa shape index (κ3) is 5.25. The van der Waals surface area contributed by atoms with Gasteiger partial charge in [-0.3, -0.25) is 4.79 Å². The summed E-state index contributed by atoms with van der Waals surface area (Å²) < 4.78 is 65.4. The van der Waals surface area contributed by atoms with Gasteiger partial charge in [0.1, 0.15) is 5.75 Å². The zero-order chi connectivity index (χ0) is 20.9. The van der Waals surface area contributed by atoms with Crippen molar-refractivity contribution in [1.82, 2.24) is 5.32 Å². The van der Waals surface area contributed by atoms with E-state index in [4.69, 9.17) is 4.74 Å². The highest BCUT2D eigenvalue weighted by Gasteiger charge is 2.46. The first-order chi connectivity index (χ1) is 13.0. The molecule has 0 radical (unpaired) electrons. The number of methoxy groups -OCH3 is 1. The lowest BCUT2D eigenvalue weighted by molar-refractivity contribution is -0.0436. The highest BCUT2D eigenvalue weighted by Crippen LogP contribution is 2.30. The van der Waals surface area contributed by atoms with Gasteiger partial charge in [-0.25, -0.2) is 8.42 Å². The summed E-state index contributed by atoms with van der Waals surface area (Å²) in [7, 11) is -3.85. The lowest BCUT2D eigenvalue weighted by Gasteiger charge is -2.14. The van der Waals surface area contributed by atoms with E-state index in [1.807, 2.05) is 31.2 Å². The van der Waals surface area contributed by atoms with Crippen molar-refractivity contribution in [2.45, 2.75) is 36.2 Å². The lowest BCUT2D eigenvalue weighted by atomic mass is 10.1. The molecule has 0 spiro atoms. The Labute approximate surface area is 161 Å². The van der Waals surface area contributed by atoms with Crippen molar-refractivity contribution in [3.05, 3.63) is 59.7 Å². The highest BCUT2D eigenvalue weighted by molar-refractivity contribution is 7.92. The Morgan fingerprint density at radius 2 is 1.64 bits per heavy atom. The Bertz CT molecular complexity index is 908. The second kappa shape index (κ2) is 8.64. The van der Waals surface area contributed by atoms with Crippen LogP contribution in [-0.2, 0) is 16.3 Å². The monoisotopic (exact) mass is 415 g/mol. The lowest BCUT2D eigenvalue weighted by Crippen LogP contribution is -2.33. The molecule has 0 aliphatic rings. The van der Waals surface area contributed by atoms with Gasteiger partial charge in [0.2, 0.25) is 0 Å². The fraction of sp³-hybridized carbons (Fsp3) is 0.316. The van der Waals surface area contributed by atoms with Gasteiger partial charge in [0.15, 0.2) is 0 Å². The van der Waals surface area contributed by atoms with Crippen LogP contribution in [0.3, 0.4) is 0 Å². The number of nitrogens with one attached hydrogen (secondary N) is 1. The normalized spacial score (nSPS) is 13.0. The van der Waals surface area contributed by atoms with Crippen LogP contribution in [0.25, 0.3) is 0 Å². The maximum atomic E-state index is 12.5. The Morgan fingerprint density at radius 1 is 1.07 bits per heavy atom. The molecule has 5 nitrogen and oxygen atoms in total. The Hall–Kier alpha value is -2.55. The largest absolute Gasteiger partial charge is 0.501 e. The molecule has 0 saturated heterocycles. The number of carbonyl (C=O) groups is 1. The van der Waals surface area contributed by atoms with E-state index in [0.29, 0.717) is 12.8 Å². The molecule has 0 heterocycles. The molecular weight excluding hydrogens is 395 g/mol. The SMILES string of the molecule is COc1ccc(CCC(C)NC(=O)c2ccc(S(=O)(=O)C(F)(F)F)cc2)cc1. The molecule has 28 heavy (non-hydrogen) atoms. The molecule has 1 amide bonds. The first-order valence-corrected chi connectivity index (χ1v) is 9.88. The molecule has 0 saturated carbocycles. The van der Waals surface area contributed by atoms with E-state index in [1.54, 1.807) is 7.11 Å². The molecule has 0 aromatic heterocycles. The predicted octanol–water partition coefficient (Wildman–Crippen LogP) is 3.74. The maximum Gasteiger partial charge on any atom is 0.501 e. The van der Waals surface area contributed by atoms with Gasteiger partial charge in [0.05, 0.1) is 12.0 Å². The average Bonchev–Trinajstić information content (AvgIpc) is 2.66. The first-order valence-electron chi connectivity index (χ1n) is 8.40. The number of ether oxygens (including phenoxy) is 1. The Balaban J connectivity index is 1.94. The van der Waals surface area contributed by atoms with Crippen LogP contribution >= 0.6 is 0 Å². The second-order valence-electron chi connectivity index (χ2n) is 6.23. The number of benzene rings is 2. The third-order valence-corrected chi connectivity index (χ3v) is 5.64. The van der Waals surface area contributed by atoms with Crippen LogP contribution in [0.5, 0.6) is 5.75 Å². The summed E-state index contributed by atoms with van der Waals surface area (Å²) in [6.07, 6.45) is 1.37. The van der Waals surface area contributed by atoms with Crippen LogP contribution < -0.4 is 10.1 Å². The summed E-state index contributed by atoms with van der Waals surface area (Å²) >= 11 is 0. The predicted molar refractivity (Wildman–Crippen MR) is 97.9 cm³/mol. The van der Waals surface area contributed by atoms with Gasteiger partial charge in [-0.1, -0.05) is 12.1 Å². The average molecular weight is 415 g/mol. The molecule has 0 bridgehead atoms. The van der Waals surface area contributed by atoms with E-state index >= 15 is 0 Å². The van der Waals surface area contributed by atoms with Crippen molar-refractivity contribution >= 4 is 15.7 Å². The zero-order valence-electron chi connectivity index (χ0n) is 15.3. The van der Waals surface area contributed by atoms with Crippen LogP contribution in [-0.4, -0.2) is 33.0 Å². The van der Waals surface area contributed by atoms with Gasteiger partial charge in [-0.05, 0) is 61.7 Å². The number of rotatable bonds is 7. The maximum absolute atomic E-state index is 12.5. The number of amides is 1. The molecule has 1 atom stereocenters. The van der Waals surface area contributed by atoms with Gasteiger partial charge < -0.3 is 10.1 Å². The summed E-state index contributed by atoms with van der Waals surface area (Å²) in [5.74, 6) is 0.263. The molecule has 2 aromatic rings. The minimum atomic E-state index is -5.43. The minimum absolute atomic E-state index is 0.0809. The van der Waals surface area contributed by atoms with Gasteiger partial charge in [0.25, 0.3) is 15.7 Å². The van der Waals surface area contributed by atoms with Crippen molar-refractivity contribution in [2.75, 3.05) is 7.11 Å². The molecule has 0 aliphatic heterocycles. The zero-order valence-corrected chi connectivity index (χ0v) is 16.1. The number of sulfone groups is 1. The summed E-state index contributed by atoms with van der Waals surface area (Å²) in [5, 5.41) is 2.74. The molecular formula is C19H20F3NO4S. The summed E-state index contributed by atoms with van der Waals surface area (Å²) in [4.78, 5) is 11.3. The van der Waals surface area contributed by atoms with Crippen LogP contribution in [0, 0.1) is 0 Å². The quantitative estimate of drug-likeness (QED) is 0.748. The topological polar surface area (TPSA) is 72.5 Å². The first kappa shape index (κ1) is 21.7. The summed E-state index contributed by atoms with van der Waals surface area (Å²) in [6.45, 7) is 1.81. The van der Waals surface area contributed by atoms with E-state index in [-0.39, 0.29) is 11.6 Å². The van der Waals surface area contributed by atoms with Crippen LogP contribution in [0.1, 0.15) is 29.3 Å². The van der Waals surface area contributed by atoms with Crippen molar-refractivity contribution in [3.8, 4) is 5.75 Å². The van der Waals surface area contributed by atoms with Gasteiger partial charge in [-0.15, -0.1) is 0 Å². The second-order valence-corrected chi connectivity index (χ2v) is 8.18. The van der Waals surface area contributed by atoms with E-state index in [2.05, 4.69) is 5.32 Å². The number of halogens is 3. The fourth-order valence-corrected chi connectivity index (χ4v) is 3.24. The number of carbonyl (C=O) groups excluding carboxylic acids is 1. The number of alkyl halides is 3. The molecule has 0 fully saturated rings. The number of aryl methyl sites for hydroxylation is 1. The molecule has 152 valence electrons. The van der Waals surface area contributed by atoms with Crippen LogP contribution in [0.4, 0.5) is 13.2 Å². The molecule has 9 heteroatoms. The Kier molecular flexibility index (Phi) is 6.71.